The molecule has 0 saturated carbocycles. The first-order valence-corrected chi connectivity index (χ1v) is 9.84. The minimum Gasteiger partial charge on any atom is -0.440 e. The summed E-state index contributed by atoms with van der Waals surface area (Å²) in [5.74, 6) is -0.464. The van der Waals surface area contributed by atoms with Crippen LogP contribution in [0.15, 0.2) is 46.6 Å². The Morgan fingerprint density at radius 1 is 1.37 bits per heavy atom. The lowest BCUT2D eigenvalue weighted by atomic mass is 9.69. The van der Waals surface area contributed by atoms with Crippen LogP contribution in [0.2, 0.25) is 0 Å². The zero-order chi connectivity index (χ0) is 21.0. The molecule has 0 aliphatic carbocycles. The predicted octanol–water partition coefficient (Wildman–Crippen LogP) is 1.66. The molecule has 0 radical (unpaired) electrons. The van der Waals surface area contributed by atoms with E-state index in [1.807, 2.05) is 6.07 Å². The Bertz CT molecular complexity index is 1220. The summed E-state index contributed by atoms with van der Waals surface area (Å²) in [6, 6.07) is 10.7. The van der Waals surface area contributed by atoms with Gasteiger partial charge >= 0.3 is 0 Å². The van der Waals surface area contributed by atoms with Crippen molar-refractivity contribution in [1.82, 2.24) is 4.57 Å². The van der Waals surface area contributed by atoms with Gasteiger partial charge in [-0.15, -0.1) is 0 Å². The Hall–Kier alpha value is -3.57. The van der Waals surface area contributed by atoms with E-state index in [-0.39, 0.29) is 34.4 Å². The van der Waals surface area contributed by atoms with Gasteiger partial charge < -0.3 is 25.1 Å². The third-order valence-corrected chi connectivity index (χ3v) is 6.13. The second-order valence-electron chi connectivity index (χ2n) is 7.78. The van der Waals surface area contributed by atoms with Gasteiger partial charge in [0.2, 0.25) is 11.8 Å². The highest BCUT2D eigenvalue weighted by Crippen LogP contribution is 2.51. The zero-order valence-corrected chi connectivity index (χ0v) is 16.4. The van der Waals surface area contributed by atoms with Crippen molar-refractivity contribution >= 4 is 11.6 Å². The minimum absolute atomic E-state index is 0.0688. The molecule has 8 heteroatoms. The third kappa shape index (κ3) is 2.30. The van der Waals surface area contributed by atoms with E-state index in [9.17, 15) is 14.9 Å². The molecule has 4 heterocycles. The molecule has 1 saturated heterocycles. The molecular formula is C22H20N4O4. The number of hydrogen-bond donors (Lipinski definition) is 2. The summed E-state index contributed by atoms with van der Waals surface area (Å²) in [5.41, 5.74) is 5.81. The molecule has 3 aliphatic heterocycles. The van der Waals surface area contributed by atoms with Crippen molar-refractivity contribution in [3.63, 3.8) is 0 Å². The third-order valence-electron chi connectivity index (χ3n) is 6.13. The van der Waals surface area contributed by atoms with Crippen molar-refractivity contribution in [2.75, 3.05) is 11.9 Å². The van der Waals surface area contributed by atoms with E-state index in [1.54, 1.807) is 41.8 Å². The van der Waals surface area contributed by atoms with Crippen molar-refractivity contribution in [2.45, 2.75) is 37.8 Å². The molecule has 8 nitrogen and oxygen atoms in total. The number of carbonyl (C=O) groups is 1. The molecule has 0 unspecified atom stereocenters. The fourth-order valence-corrected chi connectivity index (χ4v) is 4.76. The number of nitrogens with two attached hydrogens (primary N) is 1. The molecular weight excluding hydrogens is 384 g/mol. The molecule has 1 spiro atoms. The number of nitrogens with zero attached hydrogens (tertiary/aromatic N) is 2. The van der Waals surface area contributed by atoms with Gasteiger partial charge in [-0.1, -0.05) is 18.2 Å². The first-order chi connectivity index (χ1) is 14.5. The molecule has 152 valence electrons. The molecule has 1 aromatic carbocycles. The van der Waals surface area contributed by atoms with Gasteiger partial charge in [-0.2, -0.15) is 5.26 Å². The summed E-state index contributed by atoms with van der Waals surface area (Å²) in [7, 11) is 0. The molecule has 0 bridgehead atoms. The molecule has 3 N–H and O–H groups in total. The number of carbonyl (C=O) groups excluding carboxylic acids is 1. The van der Waals surface area contributed by atoms with Crippen LogP contribution in [0, 0.1) is 18.3 Å². The number of amides is 1. The first-order valence-electron chi connectivity index (χ1n) is 9.84. The number of benzene rings is 1. The smallest absolute Gasteiger partial charge is 0.259 e. The Labute approximate surface area is 172 Å². The first kappa shape index (κ1) is 18.5. The van der Waals surface area contributed by atoms with Gasteiger partial charge in [0, 0.05) is 29.6 Å². The Morgan fingerprint density at radius 3 is 2.90 bits per heavy atom. The number of anilines is 1. The monoisotopic (exact) mass is 404 g/mol. The molecule has 2 aromatic rings. The minimum atomic E-state index is -1.65. The van der Waals surface area contributed by atoms with E-state index >= 15 is 0 Å². The van der Waals surface area contributed by atoms with Crippen LogP contribution in [-0.4, -0.2) is 23.2 Å². The van der Waals surface area contributed by atoms with E-state index in [0.29, 0.717) is 30.1 Å². The Morgan fingerprint density at radius 2 is 2.17 bits per heavy atom. The van der Waals surface area contributed by atoms with Gasteiger partial charge in [-0.3, -0.25) is 9.59 Å². The SMILES string of the molecule is Cc1cc2c(c(=O)n1C[C@H]1CCCO1)[C@]1(C(=O)Nc3ccccc31)C(C#N)=C(N)O2. The van der Waals surface area contributed by atoms with Crippen molar-refractivity contribution < 1.29 is 14.3 Å². The van der Waals surface area contributed by atoms with Crippen LogP contribution >= 0.6 is 0 Å². The lowest BCUT2D eigenvalue weighted by Gasteiger charge is -2.34. The zero-order valence-electron chi connectivity index (χ0n) is 16.4. The van der Waals surface area contributed by atoms with Gasteiger partial charge in [0.15, 0.2) is 5.41 Å². The Kier molecular flexibility index (Phi) is 3.98. The molecule has 1 amide bonds. The molecule has 1 fully saturated rings. The molecule has 30 heavy (non-hydrogen) atoms. The maximum atomic E-state index is 13.8. The highest BCUT2D eigenvalue weighted by atomic mass is 16.5. The summed E-state index contributed by atoms with van der Waals surface area (Å²) < 4.78 is 13.0. The number of pyridine rings is 1. The largest absolute Gasteiger partial charge is 0.440 e. The van der Waals surface area contributed by atoms with Gasteiger partial charge in [-0.05, 0) is 25.8 Å². The summed E-state index contributed by atoms with van der Waals surface area (Å²) in [6.07, 6.45) is 1.74. The van der Waals surface area contributed by atoms with E-state index in [2.05, 4.69) is 5.32 Å². The van der Waals surface area contributed by atoms with Gasteiger partial charge in [0.05, 0.1) is 18.2 Å². The van der Waals surface area contributed by atoms with E-state index < -0.39 is 11.3 Å². The number of para-hydroxylation sites is 1. The average molecular weight is 404 g/mol. The standard InChI is InChI=1S/C22H20N4O4/c1-12-9-17-18(20(27)26(12)11-13-5-4-8-29-13)22(15(10-23)19(24)30-17)14-6-2-3-7-16(14)25-21(22)28/h2-3,6-7,9,13H,4-5,8,11,24H2,1H3,(H,25,28)/t13-,22-/m1/s1. The number of rotatable bonds is 2. The number of aromatic nitrogens is 1. The number of hydrogen-bond acceptors (Lipinski definition) is 6. The van der Waals surface area contributed by atoms with Gasteiger partial charge in [0.25, 0.3) is 5.56 Å². The normalized spacial score (nSPS) is 24.3. The predicted molar refractivity (Wildman–Crippen MR) is 108 cm³/mol. The van der Waals surface area contributed by atoms with Crippen LogP contribution < -0.4 is 21.3 Å². The number of ether oxygens (including phenoxy) is 2. The lowest BCUT2D eigenvalue weighted by Crippen LogP contribution is -2.48. The quantitative estimate of drug-likeness (QED) is 0.786. The van der Waals surface area contributed by atoms with Crippen LogP contribution in [0.1, 0.15) is 29.7 Å². The number of nitriles is 1. The van der Waals surface area contributed by atoms with Crippen molar-refractivity contribution in [1.29, 1.82) is 5.26 Å². The molecule has 5 rings (SSSR count). The fraction of sp³-hybridized carbons (Fsp3) is 0.318. The van der Waals surface area contributed by atoms with Crippen molar-refractivity contribution in [3.05, 3.63) is 69.0 Å². The number of aryl methyl sites for hydroxylation is 1. The topological polar surface area (TPSA) is 119 Å². The van der Waals surface area contributed by atoms with Crippen molar-refractivity contribution in [3.8, 4) is 11.8 Å². The van der Waals surface area contributed by atoms with E-state index in [4.69, 9.17) is 15.2 Å². The van der Waals surface area contributed by atoms with Crippen molar-refractivity contribution in [2.24, 2.45) is 5.73 Å². The summed E-state index contributed by atoms with van der Waals surface area (Å²) in [5, 5.41) is 12.7. The number of nitrogens with one attached hydrogen (secondary N) is 1. The number of fused-ring (bicyclic) bond motifs is 4. The van der Waals surface area contributed by atoms with Crippen LogP contribution in [-0.2, 0) is 21.5 Å². The summed E-state index contributed by atoms with van der Waals surface area (Å²) >= 11 is 0. The average Bonchev–Trinajstić information content (AvgIpc) is 3.32. The molecule has 3 aliphatic rings. The van der Waals surface area contributed by atoms with Gasteiger partial charge in [0.1, 0.15) is 17.4 Å². The highest BCUT2D eigenvalue weighted by molar-refractivity contribution is 6.12. The highest BCUT2D eigenvalue weighted by Gasteiger charge is 2.58. The summed E-state index contributed by atoms with van der Waals surface area (Å²) in [6.45, 7) is 2.84. The Balaban J connectivity index is 1.83. The molecule has 1 aromatic heterocycles. The van der Waals surface area contributed by atoms with Crippen LogP contribution in [0.3, 0.4) is 0 Å². The van der Waals surface area contributed by atoms with Crippen LogP contribution in [0.25, 0.3) is 0 Å². The fourth-order valence-electron chi connectivity index (χ4n) is 4.76. The van der Waals surface area contributed by atoms with Gasteiger partial charge in [-0.25, -0.2) is 0 Å². The lowest BCUT2D eigenvalue weighted by molar-refractivity contribution is -0.118. The summed E-state index contributed by atoms with van der Waals surface area (Å²) in [4.78, 5) is 27.2. The van der Waals surface area contributed by atoms with E-state index in [0.717, 1.165) is 12.8 Å². The van der Waals surface area contributed by atoms with E-state index in [1.165, 1.54) is 0 Å². The van der Waals surface area contributed by atoms with Crippen LogP contribution in [0.5, 0.6) is 5.75 Å². The van der Waals surface area contributed by atoms with Crippen LogP contribution in [0.4, 0.5) is 5.69 Å². The molecule has 2 atom stereocenters. The maximum absolute atomic E-state index is 13.8. The maximum Gasteiger partial charge on any atom is 0.259 e. The second-order valence-corrected chi connectivity index (χ2v) is 7.78. The second kappa shape index (κ2) is 6.47.